The van der Waals surface area contributed by atoms with E-state index in [1.54, 1.807) is 30.3 Å². The first-order valence-electron chi connectivity index (χ1n) is 9.71. The molecule has 4 rings (SSSR count). The van der Waals surface area contributed by atoms with E-state index in [2.05, 4.69) is 10.6 Å². The molecule has 1 saturated carbocycles. The fourth-order valence-electron chi connectivity index (χ4n) is 3.88. The van der Waals surface area contributed by atoms with Crippen LogP contribution in [0, 0.1) is 5.82 Å². The van der Waals surface area contributed by atoms with Crippen LogP contribution in [-0.4, -0.2) is 37.2 Å². The smallest absolute Gasteiger partial charge is 0.252 e. The van der Waals surface area contributed by atoms with Crippen molar-refractivity contribution in [3.05, 3.63) is 59.9 Å². The van der Waals surface area contributed by atoms with E-state index in [1.807, 2.05) is 12.1 Å². The molecule has 0 radical (unpaired) electrons. The van der Waals surface area contributed by atoms with Crippen LogP contribution in [0.4, 0.5) is 4.39 Å². The lowest BCUT2D eigenvalue weighted by atomic mass is 9.84. The Balaban J connectivity index is 1.45. The molecule has 2 aromatic carbocycles. The van der Waals surface area contributed by atoms with Gasteiger partial charge in [0, 0.05) is 42.5 Å². The van der Waals surface area contributed by atoms with Gasteiger partial charge in [-0.1, -0.05) is 36.4 Å². The molecule has 142 valence electrons. The van der Waals surface area contributed by atoms with Crippen LogP contribution in [0.1, 0.15) is 36.0 Å². The minimum absolute atomic E-state index is 0.119. The first-order chi connectivity index (χ1) is 13.2. The van der Waals surface area contributed by atoms with Crippen molar-refractivity contribution in [2.75, 3.05) is 13.2 Å². The zero-order valence-electron chi connectivity index (χ0n) is 15.3. The van der Waals surface area contributed by atoms with E-state index < -0.39 is 0 Å². The van der Waals surface area contributed by atoms with E-state index in [9.17, 15) is 9.18 Å². The SMILES string of the molecule is O=C(NC1CCC1NC1CCOCC1)c1ccccc1-c1ccccc1F. The molecule has 27 heavy (non-hydrogen) atoms. The van der Waals surface area contributed by atoms with Gasteiger partial charge in [0.15, 0.2) is 0 Å². The van der Waals surface area contributed by atoms with Gasteiger partial charge in [-0.25, -0.2) is 4.39 Å². The molecule has 0 spiro atoms. The van der Waals surface area contributed by atoms with Gasteiger partial charge in [0.05, 0.1) is 0 Å². The number of halogens is 1. The minimum Gasteiger partial charge on any atom is -0.381 e. The Labute approximate surface area is 159 Å². The standard InChI is InChI=1S/C22H25FN2O2/c23-19-8-4-3-6-17(19)16-5-1-2-7-18(16)22(26)25-21-10-9-20(21)24-15-11-13-27-14-12-15/h1-8,15,20-21,24H,9-14H2,(H,25,26). The lowest BCUT2D eigenvalue weighted by Crippen LogP contribution is -2.59. The Morgan fingerprint density at radius 3 is 2.26 bits per heavy atom. The summed E-state index contributed by atoms with van der Waals surface area (Å²) in [7, 11) is 0. The zero-order valence-corrected chi connectivity index (χ0v) is 15.3. The number of hydrogen-bond donors (Lipinski definition) is 2. The molecule has 1 heterocycles. The van der Waals surface area contributed by atoms with Crippen LogP contribution in [-0.2, 0) is 4.74 Å². The predicted molar refractivity (Wildman–Crippen MR) is 103 cm³/mol. The highest BCUT2D eigenvalue weighted by Crippen LogP contribution is 2.28. The van der Waals surface area contributed by atoms with Gasteiger partial charge in [-0.15, -0.1) is 0 Å². The fraction of sp³-hybridized carbons (Fsp3) is 0.409. The second-order valence-corrected chi connectivity index (χ2v) is 7.34. The fourth-order valence-corrected chi connectivity index (χ4v) is 3.88. The summed E-state index contributed by atoms with van der Waals surface area (Å²) in [5, 5.41) is 6.81. The molecule has 2 fully saturated rings. The third kappa shape index (κ3) is 4.04. The summed E-state index contributed by atoms with van der Waals surface area (Å²) in [5.74, 6) is -0.460. The zero-order chi connectivity index (χ0) is 18.6. The van der Waals surface area contributed by atoms with Crippen LogP contribution in [0.25, 0.3) is 11.1 Å². The molecule has 0 aromatic heterocycles. The van der Waals surface area contributed by atoms with Crippen molar-refractivity contribution in [2.24, 2.45) is 0 Å². The van der Waals surface area contributed by atoms with Crippen LogP contribution in [0.5, 0.6) is 0 Å². The van der Waals surface area contributed by atoms with E-state index in [4.69, 9.17) is 4.74 Å². The van der Waals surface area contributed by atoms with Crippen LogP contribution < -0.4 is 10.6 Å². The molecule has 0 bridgehead atoms. The van der Waals surface area contributed by atoms with E-state index >= 15 is 0 Å². The molecular weight excluding hydrogens is 343 g/mol. The van der Waals surface area contributed by atoms with Crippen molar-refractivity contribution in [1.82, 2.24) is 10.6 Å². The minimum atomic E-state index is -0.319. The normalized spacial score (nSPS) is 22.9. The summed E-state index contributed by atoms with van der Waals surface area (Å²) in [5.41, 5.74) is 1.59. The number of benzene rings is 2. The molecule has 2 unspecified atom stereocenters. The van der Waals surface area contributed by atoms with Gasteiger partial charge in [-0.3, -0.25) is 4.79 Å². The molecule has 4 nitrogen and oxygen atoms in total. The van der Waals surface area contributed by atoms with Gasteiger partial charge in [0.2, 0.25) is 0 Å². The maximum Gasteiger partial charge on any atom is 0.252 e. The summed E-state index contributed by atoms with van der Waals surface area (Å²) in [6.07, 6.45) is 4.08. The van der Waals surface area contributed by atoms with E-state index in [0.29, 0.717) is 28.8 Å². The molecule has 1 amide bonds. The van der Waals surface area contributed by atoms with E-state index in [0.717, 1.165) is 38.9 Å². The van der Waals surface area contributed by atoms with Gasteiger partial charge in [0.1, 0.15) is 5.82 Å². The number of ether oxygens (including phenoxy) is 1. The molecule has 2 aliphatic rings. The number of rotatable bonds is 5. The number of amides is 1. The second kappa shape index (κ2) is 8.19. The highest BCUT2D eigenvalue weighted by atomic mass is 19.1. The molecule has 1 aliphatic carbocycles. The number of carbonyl (C=O) groups is 1. The summed E-state index contributed by atoms with van der Waals surface area (Å²) < 4.78 is 19.6. The van der Waals surface area contributed by atoms with Crippen molar-refractivity contribution < 1.29 is 13.9 Å². The van der Waals surface area contributed by atoms with Crippen molar-refractivity contribution in [3.8, 4) is 11.1 Å². The quantitative estimate of drug-likeness (QED) is 0.849. The van der Waals surface area contributed by atoms with Gasteiger partial charge in [0.25, 0.3) is 5.91 Å². The molecule has 1 saturated heterocycles. The summed E-state index contributed by atoms with van der Waals surface area (Å²) in [4.78, 5) is 12.9. The predicted octanol–water partition coefficient (Wildman–Crippen LogP) is 3.52. The van der Waals surface area contributed by atoms with Crippen LogP contribution in [0.3, 0.4) is 0 Å². The largest absolute Gasteiger partial charge is 0.381 e. The van der Waals surface area contributed by atoms with E-state index in [-0.39, 0.29) is 17.8 Å². The molecule has 1 aliphatic heterocycles. The topological polar surface area (TPSA) is 50.4 Å². The monoisotopic (exact) mass is 368 g/mol. The van der Waals surface area contributed by atoms with E-state index in [1.165, 1.54) is 6.07 Å². The van der Waals surface area contributed by atoms with Crippen molar-refractivity contribution in [3.63, 3.8) is 0 Å². The first kappa shape index (κ1) is 18.1. The molecule has 2 atom stereocenters. The number of nitrogens with one attached hydrogen (secondary N) is 2. The molecular formula is C22H25FN2O2. The lowest BCUT2D eigenvalue weighted by Gasteiger charge is -2.41. The van der Waals surface area contributed by atoms with Crippen molar-refractivity contribution >= 4 is 5.91 Å². The Kier molecular flexibility index (Phi) is 5.50. The summed E-state index contributed by atoms with van der Waals surface area (Å²) in [6, 6.07) is 14.7. The summed E-state index contributed by atoms with van der Waals surface area (Å²) >= 11 is 0. The Morgan fingerprint density at radius 1 is 0.889 bits per heavy atom. The number of hydrogen-bond acceptors (Lipinski definition) is 3. The summed E-state index contributed by atoms with van der Waals surface area (Å²) in [6.45, 7) is 1.61. The van der Waals surface area contributed by atoms with Gasteiger partial charge >= 0.3 is 0 Å². The highest BCUT2D eigenvalue weighted by molar-refractivity contribution is 6.01. The van der Waals surface area contributed by atoms with Gasteiger partial charge < -0.3 is 15.4 Å². The first-order valence-corrected chi connectivity index (χ1v) is 9.71. The number of carbonyl (C=O) groups excluding carboxylic acids is 1. The average molecular weight is 368 g/mol. The maximum absolute atomic E-state index is 14.2. The second-order valence-electron chi connectivity index (χ2n) is 7.34. The molecule has 2 aromatic rings. The van der Waals surface area contributed by atoms with Gasteiger partial charge in [-0.05, 0) is 43.4 Å². The Hall–Kier alpha value is -2.24. The maximum atomic E-state index is 14.2. The average Bonchev–Trinajstić information content (AvgIpc) is 2.70. The third-order valence-corrected chi connectivity index (χ3v) is 5.60. The lowest BCUT2D eigenvalue weighted by molar-refractivity contribution is 0.0652. The highest BCUT2D eigenvalue weighted by Gasteiger charge is 2.34. The van der Waals surface area contributed by atoms with Crippen molar-refractivity contribution in [1.29, 1.82) is 0 Å². The third-order valence-electron chi connectivity index (χ3n) is 5.60. The van der Waals surface area contributed by atoms with Crippen molar-refractivity contribution in [2.45, 2.75) is 43.8 Å². The molecule has 2 N–H and O–H groups in total. The van der Waals surface area contributed by atoms with Crippen LogP contribution >= 0.6 is 0 Å². The van der Waals surface area contributed by atoms with Crippen LogP contribution in [0.2, 0.25) is 0 Å². The Morgan fingerprint density at radius 2 is 1.56 bits per heavy atom. The molecule has 5 heteroatoms. The Bertz CT molecular complexity index is 804. The van der Waals surface area contributed by atoms with Crippen LogP contribution in [0.15, 0.2) is 48.5 Å². The van der Waals surface area contributed by atoms with Gasteiger partial charge in [-0.2, -0.15) is 0 Å².